The number of carbonyl (C=O) groups excluding carboxylic acids is 3. The lowest BCUT2D eigenvalue weighted by atomic mass is 9.81. The SMILES string of the molecule is C.C.CCS(=O)(=O)N[C@@H](Cc1ccccc1)C(=O)N[C@@H](Cc1cnc[nH]1)C(=O)N[C@@H](CC1CCCCC1)C(O)(O)C(F)(F)C(=O)NCCN1CCOCC1. The van der Waals surface area contributed by atoms with Crippen LogP contribution in [0.25, 0.3) is 0 Å². The van der Waals surface area contributed by atoms with Crippen molar-refractivity contribution < 1.29 is 46.5 Å². The Labute approximate surface area is 317 Å². The minimum atomic E-state index is -4.76. The predicted molar refractivity (Wildman–Crippen MR) is 200 cm³/mol. The maximum atomic E-state index is 15.8. The molecule has 2 aromatic rings. The minimum absolute atomic E-state index is 0. The van der Waals surface area contributed by atoms with Crippen molar-refractivity contribution in [1.29, 1.82) is 0 Å². The number of hydrogen-bond acceptors (Lipinski definition) is 10. The van der Waals surface area contributed by atoms with Gasteiger partial charge in [-0.2, -0.15) is 8.78 Å². The number of sulfonamides is 1. The second-order valence-corrected chi connectivity index (χ2v) is 15.5. The van der Waals surface area contributed by atoms with Gasteiger partial charge in [-0.25, -0.2) is 18.1 Å². The molecule has 2 heterocycles. The molecule has 0 unspecified atom stereocenters. The van der Waals surface area contributed by atoms with Crippen LogP contribution in [0.5, 0.6) is 0 Å². The molecule has 1 saturated carbocycles. The average molecular weight is 788 g/mol. The molecule has 3 amide bonds. The highest BCUT2D eigenvalue weighted by molar-refractivity contribution is 7.89. The number of aromatic nitrogens is 2. The number of alkyl halides is 2. The molecule has 18 heteroatoms. The zero-order chi connectivity index (χ0) is 37.8. The summed E-state index contributed by atoms with van der Waals surface area (Å²) >= 11 is 0. The van der Waals surface area contributed by atoms with E-state index in [1.807, 2.05) is 4.90 Å². The molecule has 1 aromatic carbocycles. The summed E-state index contributed by atoms with van der Waals surface area (Å²) in [7, 11) is -3.91. The van der Waals surface area contributed by atoms with Gasteiger partial charge in [-0.05, 0) is 31.2 Å². The topological polar surface area (TPSA) is 215 Å². The van der Waals surface area contributed by atoms with Gasteiger partial charge in [-0.15, -0.1) is 0 Å². The third-order valence-electron chi connectivity index (χ3n) is 9.57. The third-order valence-corrected chi connectivity index (χ3v) is 11.0. The number of rotatable bonds is 19. The first-order valence-corrected chi connectivity index (χ1v) is 19.4. The van der Waals surface area contributed by atoms with Crippen LogP contribution in [0, 0.1) is 5.92 Å². The van der Waals surface area contributed by atoms with E-state index in [1.165, 1.54) is 19.4 Å². The van der Waals surface area contributed by atoms with Gasteiger partial charge in [0.05, 0.1) is 31.3 Å². The Morgan fingerprint density at radius 3 is 2.26 bits per heavy atom. The molecule has 2 fully saturated rings. The third kappa shape index (κ3) is 13.3. The summed E-state index contributed by atoms with van der Waals surface area (Å²) < 4.78 is 64.3. The van der Waals surface area contributed by atoms with Crippen LogP contribution in [0.2, 0.25) is 0 Å². The molecule has 1 saturated heterocycles. The van der Waals surface area contributed by atoms with Gasteiger partial charge in [0.2, 0.25) is 21.8 Å². The highest BCUT2D eigenvalue weighted by atomic mass is 32.2. The van der Waals surface area contributed by atoms with E-state index < -0.39 is 57.6 Å². The summed E-state index contributed by atoms with van der Waals surface area (Å²) in [6.45, 7) is 3.50. The summed E-state index contributed by atoms with van der Waals surface area (Å²) in [6, 6.07) is 3.68. The van der Waals surface area contributed by atoms with Crippen LogP contribution in [-0.4, -0.2) is 126 Å². The van der Waals surface area contributed by atoms with Crippen molar-refractivity contribution in [3.05, 3.63) is 54.1 Å². The summed E-state index contributed by atoms with van der Waals surface area (Å²) in [5.41, 5.74) is 0.988. The van der Waals surface area contributed by atoms with E-state index in [2.05, 4.69) is 30.6 Å². The van der Waals surface area contributed by atoms with Crippen LogP contribution in [0.15, 0.2) is 42.9 Å². The van der Waals surface area contributed by atoms with Gasteiger partial charge in [0.25, 0.3) is 11.7 Å². The van der Waals surface area contributed by atoms with Crippen molar-refractivity contribution in [2.45, 2.75) is 103 Å². The number of nitrogens with zero attached hydrogens (tertiary/aromatic N) is 2. The molecule has 15 nitrogen and oxygen atoms in total. The van der Waals surface area contributed by atoms with Gasteiger partial charge < -0.3 is 35.9 Å². The molecule has 4 rings (SSSR count). The molecule has 0 radical (unpaired) electrons. The molecule has 1 aromatic heterocycles. The molecular weight excluding hydrogens is 729 g/mol. The van der Waals surface area contributed by atoms with Crippen molar-refractivity contribution >= 4 is 27.7 Å². The fourth-order valence-corrected chi connectivity index (χ4v) is 7.23. The van der Waals surface area contributed by atoms with Crippen molar-refractivity contribution in [3.8, 4) is 0 Å². The van der Waals surface area contributed by atoms with Gasteiger partial charge in [0.1, 0.15) is 12.1 Å². The molecular formula is C36H59F2N7O8S. The Hall–Kier alpha value is -3.55. The summed E-state index contributed by atoms with van der Waals surface area (Å²) in [6.07, 6.45) is 5.77. The maximum Gasteiger partial charge on any atom is 0.378 e. The Morgan fingerprint density at radius 1 is 1.00 bits per heavy atom. The van der Waals surface area contributed by atoms with Gasteiger partial charge >= 0.3 is 5.92 Å². The molecule has 2 aliphatic rings. The smallest absolute Gasteiger partial charge is 0.378 e. The number of morpholine rings is 1. The highest BCUT2D eigenvalue weighted by Crippen LogP contribution is 2.36. The first kappa shape index (κ1) is 46.6. The number of H-pyrrole nitrogens is 1. The monoisotopic (exact) mass is 787 g/mol. The largest absolute Gasteiger partial charge is 0.379 e. The zero-order valence-corrected chi connectivity index (χ0v) is 30.2. The van der Waals surface area contributed by atoms with Crippen LogP contribution in [0.4, 0.5) is 8.78 Å². The van der Waals surface area contributed by atoms with Gasteiger partial charge in [-0.3, -0.25) is 19.3 Å². The van der Waals surface area contributed by atoms with Gasteiger partial charge in [0, 0.05) is 44.5 Å². The number of carbonyl (C=O) groups is 3. The van der Waals surface area contributed by atoms with E-state index >= 15 is 8.78 Å². The number of imidazole rings is 1. The highest BCUT2D eigenvalue weighted by Gasteiger charge is 2.62. The van der Waals surface area contributed by atoms with Gasteiger partial charge in [0.15, 0.2) is 0 Å². The number of aliphatic hydroxyl groups is 2. The molecule has 1 aliphatic heterocycles. The van der Waals surface area contributed by atoms with Crippen LogP contribution >= 0.6 is 0 Å². The van der Waals surface area contributed by atoms with Crippen molar-refractivity contribution in [3.63, 3.8) is 0 Å². The Kier molecular flexibility index (Phi) is 18.6. The lowest BCUT2D eigenvalue weighted by Gasteiger charge is -2.39. The molecule has 0 bridgehead atoms. The maximum absolute atomic E-state index is 15.8. The fraction of sp³-hybridized carbons (Fsp3) is 0.667. The van der Waals surface area contributed by atoms with Crippen molar-refractivity contribution in [2.75, 3.05) is 45.1 Å². The summed E-state index contributed by atoms with van der Waals surface area (Å²) in [4.78, 5) is 49.2. The Balaban J connectivity index is 0.00000504. The number of aromatic amines is 1. The fourth-order valence-electron chi connectivity index (χ4n) is 6.44. The van der Waals surface area contributed by atoms with Crippen molar-refractivity contribution in [1.82, 2.24) is 35.5 Å². The number of ether oxygens (including phenoxy) is 1. The second-order valence-electron chi connectivity index (χ2n) is 13.4. The standard InChI is InChI=1S/C34H51F2N7O8S.2CH4/c1-2-52(49,50)42-28(19-24-9-5-3-6-10-24)31(45)40-27(21-26-22-37-23-39-26)30(44)41-29(20-25-11-7-4-8-12-25)34(47,48)33(35,36)32(46)38-13-14-43-15-17-51-18-16-43;;/h3,5-6,9-10,22-23,25,27-29,42,47-48H,2,4,7-8,11-21H2,1H3,(H,37,39)(H,38,46)(H,40,45)(H,41,44);2*1H4/t27-,28-,29-;;/m0../s1. The van der Waals surface area contributed by atoms with E-state index in [0.29, 0.717) is 50.4 Å². The summed E-state index contributed by atoms with van der Waals surface area (Å²) in [5, 5.41) is 29.3. The Morgan fingerprint density at radius 2 is 1.65 bits per heavy atom. The first-order valence-electron chi connectivity index (χ1n) is 17.7. The summed E-state index contributed by atoms with van der Waals surface area (Å²) in [5.74, 6) is -13.2. The first-order chi connectivity index (χ1) is 24.7. The molecule has 3 atom stereocenters. The van der Waals surface area contributed by atoms with E-state index in [-0.39, 0.29) is 58.9 Å². The second kappa shape index (κ2) is 21.5. The normalized spacial score (nSPS) is 17.6. The van der Waals surface area contributed by atoms with Gasteiger partial charge in [-0.1, -0.05) is 77.3 Å². The molecule has 0 spiro atoms. The number of benzene rings is 1. The zero-order valence-electron chi connectivity index (χ0n) is 29.4. The van der Waals surface area contributed by atoms with Crippen molar-refractivity contribution in [2.24, 2.45) is 5.92 Å². The lowest BCUT2D eigenvalue weighted by Crippen LogP contribution is -2.68. The number of halogens is 2. The van der Waals surface area contributed by atoms with E-state index in [4.69, 9.17) is 4.74 Å². The van der Waals surface area contributed by atoms with E-state index in [1.54, 1.807) is 30.3 Å². The van der Waals surface area contributed by atoms with E-state index in [0.717, 1.165) is 19.3 Å². The average Bonchev–Trinajstić information content (AvgIpc) is 3.65. The molecule has 306 valence electrons. The van der Waals surface area contributed by atoms with Crippen LogP contribution in [0.3, 0.4) is 0 Å². The molecule has 1 aliphatic carbocycles. The predicted octanol–water partition coefficient (Wildman–Crippen LogP) is 1.48. The van der Waals surface area contributed by atoms with E-state index in [9.17, 15) is 33.0 Å². The van der Waals surface area contributed by atoms with Crippen LogP contribution in [0.1, 0.15) is 71.6 Å². The molecule has 54 heavy (non-hydrogen) atoms. The van der Waals surface area contributed by atoms with Crippen LogP contribution in [-0.2, 0) is 42.0 Å². The lowest BCUT2D eigenvalue weighted by molar-refractivity contribution is -0.297. The minimum Gasteiger partial charge on any atom is -0.379 e. The Bertz CT molecular complexity index is 1540. The quantitative estimate of drug-likeness (QED) is 0.102. The number of nitrogens with one attached hydrogen (secondary N) is 5. The molecule has 7 N–H and O–H groups in total. The number of amides is 3. The van der Waals surface area contributed by atoms with Crippen LogP contribution < -0.4 is 20.7 Å². The number of hydrogen-bond donors (Lipinski definition) is 7.